The summed E-state index contributed by atoms with van der Waals surface area (Å²) in [6, 6.07) is 3.18. The molecule has 0 bridgehead atoms. The van der Waals surface area contributed by atoms with Gasteiger partial charge in [0.25, 0.3) is 5.91 Å². The lowest BCUT2D eigenvalue weighted by atomic mass is 9.91. The Morgan fingerprint density at radius 2 is 1.91 bits per heavy atom. The Morgan fingerprint density at radius 3 is 2.39 bits per heavy atom. The summed E-state index contributed by atoms with van der Waals surface area (Å²) in [5, 5.41) is 13.2. The topological polar surface area (TPSA) is 69.6 Å². The van der Waals surface area contributed by atoms with Crippen LogP contribution in [0.2, 0.25) is 0 Å². The van der Waals surface area contributed by atoms with Crippen molar-refractivity contribution in [2.45, 2.75) is 52.0 Å². The largest absolute Gasteiger partial charge is 0.507 e. The molecule has 0 aliphatic carbocycles. The van der Waals surface area contributed by atoms with Crippen LogP contribution in [0.4, 0.5) is 0 Å². The molecule has 2 rings (SSSR count). The number of phenols is 1. The van der Waals surface area contributed by atoms with Crippen molar-refractivity contribution in [1.29, 1.82) is 0 Å². The van der Waals surface area contributed by atoms with E-state index >= 15 is 0 Å². The number of aromatic hydroxyl groups is 1. The maximum absolute atomic E-state index is 12.6. The summed E-state index contributed by atoms with van der Waals surface area (Å²) in [5.41, 5.74) is 2.02. The van der Waals surface area contributed by atoms with Crippen molar-refractivity contribution in [3.63, 3.8) is 0 Å². The van der Waals surface area contributed by atoms with Crippen molar-refractivity contribution in [3.8, 4) is 5.75 Å². The fourth-order valence-corrected chi connectivity index (χ4v) is 2.82. The molecule has 0 aromatic heterocycles. The first-order valence-corrected chi connectivity index (χ1v) is 8.15. The van der Waals surface area contributed by atoms with Crippen molar-refractivity contribution < 1.29 is 14.7 Å². The second-order valence-electron chi connectivity index (χ2n) is 6.89. The highest BCUT2D eigenvalue weighted by atomic mass is 16.3. The van der Waals surface area contributed by atoms with Gasteiger partial charge in [0.15, 0.2) is 0 Å². The van der Waals surface area contributed by atoms with Gasteiger partial charge in [-0.25, -0.2) is 0 Å². The van der Waals surface area contributed by atoms with E-state index in [1.54, 1.807) is 18.0 Å². The minimum Gasteiger partial charge on any atom is -0.507 e. The molecule has 5 heteroatoms. The smallest absolute Gasteiger partial charge is 0.255 e. The highest BCUT2D eigenvalue weighted by molar-refractivity contribution is 6.00. The molecule has 1 atom stereocenters. The van der Waals surface area contributed by atoms with Crippen LogP contribution in [0.5, 0.6) is 5.75 Å². The minimum atomic E-state index is -0.503. The predicted octanol–water partition coefficient (Wildman–Crippen LogP) is 2.60. The average molecular weight is 318 g/mol. The van der Waals surface area contributed by atoms with Gasteiger partial charge in [-0.05, 0) is 35.4 Å². The summed E-state index contributed by atoms with van der Waals surface area (Å²) in [6.07, 6.45) is 0.600. The van der Waals surface area contributed by atoms with E-state index in [0.29, 0.717) is 13.0 Å². The molecule has 0 spiro atoms. The molecule has 126 valence electrons. The van der Waals surface area contributed by atoms with Crippen LogP contribution in [-0.4, -0.2) is 41.5 Å². The molecule has 1 aliphatic rings. The first-order valence-electron chi connectivity index (χ1n) is 8.15. The number of hydrogen-bond acceptors (Lipinski definition) is 3. The van der Waals surface area contributed by atoms with Gasteiger partial charge in [0.1, 0.15) is 11.8 Å². The summed E-state index contributed by atoms with van der Waals surface area (Å²) in [4.78, 5) is 26.1. The number of likely N-dealkylation sites (tertiary alicyclic amines) is 1. The molecule has 1 saturated heterocycles. The van der Waals surface area contributed by atoms with E-state index in [-0.39, 0.29) is 35.0 Å². The third-order valence-corrected chi connectivity index (χ3v) is 4.43. The monoisotopic (exact) mass is 318 g/mol. The van der Waals surface area contributed by atoms with E-state index in [4.69, 9.17) is 0 Å². The van der Waals surface area contributed by atoms with E-state index in [2.05, 4.69) is 5.32 Å². The molecule has 5 nitrogen and oxygen atoms in total. The number of carbonyl (C=O) groups excluding carboxylic acids is 2. The number of phenolic OH excluding ortho intramolecular Hbond substituents is 1. The Morgan fingerprint density at radius 1 is 1.26 bits per heavy atom. The number of carbonyl (C=O) groups is 2. The Bertz CT molecular complexity index is 623. The number of likely N-dealkylation sites (N-methyl/N-ethyl adjacent to an activating group) is 1. The highest BCUT2D eigenvalue weighted by Gasteiger charge is 2.31. The van der Waals surface area contributed by atoms with E-state index in [9.17, 15) is 14.7 Å². The molecule has 1 aromatic carbocycles. The quantitative estimate of drug-likeness (QED) is 0.896. The van der Waals surface area contributed by atoms with Crippen molar-refractivity contribution in [3.05, 3.63) is 28.8 Å². The number of benzene rings is 1. The minimum absolute atomic E-state index is 0.0145. The van der Waals surface area contributed by atoms with E-state index in [0.717, 1.165) is 11.1 Å². The lowest BCUT2D eigenvalue weighted by Gasteiger charge is -2.18. The summed E-state index contributed by atoms with van der Waals surface area (Å²) in [6.45, 7) is 8.70. The number of amides is 2. The van der Waals surface area contributed by atoms with Crippen LogP contribution in [0, 0.1) is 0 Å². The zero-order chi connectivity index (χ0) is 17.3. The second-order valence-corrected chi connectivity index (χ2v) is 6.89. The zero-order valence-electron chi connectivity index (χ0n) is 14.5. The third kappa shape index (κ3) is 3.49. The maximum atomic E-state index is 12.6. The van der Waals surface area contributed by atoms with Gasteiger partial charge < -0.3 is 15.3 Å². The van der Waals surface area contributed by atoms with Crippen molar-refractivity contribution >= 4 is 11.8 Å². The lowest BCUT2D eigenvalue weighted by Crippen LogP contribution is -2.40. The number of nitrogens with zero attached hydrogens (tertiary/aromatic N) is 1. The van der Waals surface area contributed by atoms with E-state index < -0.39 is 6.04 Å². The van der Waals surface area contributed by atoms with Crippen molar-refractivity contribution in [2.75, 3.05) is 13.6 Å². The van der Waals surface area contributed by atoms with Gasteiger partial charge in [-0.2, -0.15) is 0 Å². The first-order chi connectivity index (χ1) is 10.7. The van der Waals surface area contributed by atoms with Crippen LogP contribution in [0.1, 0.15) is 67.4 Å². The molecule has 1 fully saturated rings. The Kier molecular flexibility index (Phi) is 4.97. The Balaban J connectivity index is 2.34. The normalized spacial score (nSPS) is 18.1. The van der Waals surface area contributed by atoms with E-state index in [1.165, 1.54) is 0 Å². The molecule has 1 aliphatic heterocycles. The van der Waals surface area contributed by atoms with Crippen LogP contribution in [0.15, 0.2) is 12.1 Å². The Labute approximate surface area is 137 Å². The van der Waals surface area contributed by atoms with Gasteiger partial charge in [-0.15, -0.1) is 0 Å². The fraction of sp³-hybridized carbons (Fsp3) is 0.556. The standard InChI is InChI=1S/C18H26N2O3/c1-10(2)12-8-13(11(3)4)16(21)14(9-12)17(22)19-15-6-7-20(5)18(15)23/h8-11,15,21H,6-7H2,1-5H3,(H,19,22)/t15-/m0/s1. The molecule has 2 amide bonds. The lowest BCUT2D eigenvalue weighted by molar-refractivity contribution is -0.128. The molecular weight excluding hydrogens is 292 g/mol. The van der Waals surface area contributed by atoms with Crippen LogP contribution in [0.25, 0.3) is 0 Å². The average Bonchev–Trinajstić information content (AvgIpc) is 2.78. The van der Waals surface area contributed by atoms with Crippen LogP contribution < -0.4 is 5.32 Å². The van der Waals surface area contributed by atoms with Gasteiger partial charge in [0, 0.05) is 13.6 Å². The predicted molar refractivity (Wildman–Crippen MR) is 89.8 cm³/mol. The molecule has 23 heavy (non-hydrogen) atoms. The van der Waals surface area contributed by atoms with E-state index in [1.807, 2.05) is 33.8 Å². The molecule has 1 heterocycles. The van der Waals surface area contributed by atoms with Gasteiger partial charge in [-0.1, -0.05) is 33.8 Å². The molecule has 0 saturated carbocycles. The molecule has 1 aromatic rings. The molecule has 0 radical (unpaired) electrons. The number of hydrogen-bond donors (Lipinski definition) is 2. The van der Waals surface area contributed by atoms with Gasteiger partial charge >= 0.3 is 0 Å². The highest BCUT2D eigenvalue weighted by Crippen LogP contribution is 2.33. The molecule has 0 unspecified atom stereocenters. The molecular formula is C18H26N2O3. The summed E-state index contributed by atoms with van der Waals surface area (Å²) < 4.78 is 0. The number of nitrogens with one attached hydrogen (secondary N) is 1. The van der Waals surface area contributed by atoms with Crippen LogP contribution in [0.3, 0.4) is 0 Å². The third-order valence-electron chi connectivity index (χ3n) is 4.43. The maximum Gasteiger partial charge on any atom is 0.255 e. The number of rotatable bonds is 4. The Hall–Kier alpha value is -2.04. The summed E-state index contributed by atoms with van der Waals surface area (Å²) in [7, 11) is 1.72. The first kappa shape index (κ1) is 17.3. The fourth-order valence-electron chi connectivity index (χ4n) is 2.82. The molecule has 2 N–H and O–H groups in total. The SMILES string of the molecule is CC(C)c1cc(C(=O)N[C@H]2CCN(C)C2=O)c(O)c(C(C)C)c1. The van der Waals surface area contributed by atoms with Crippen molar-refractivity contribution in [2.24, 2.45) is 0 Å². The second kappa shape index (κ2) is 6.60. The van der Waals surface area contributed by atoms with Crippen LogP contribution >= 0.6 is 0 Å². The summed E-state index contributed by atoms with van der Waals surface area (Å²) in [5.74, 6) is -0.0958. The van der Waals surface area contributed by atoms with Crippen molar-refractivity contribution in [1.82, 2.24) is 10.2 Å². The van der Waals surface area contributed by atoms with Gasteiger partial charge in [0.05, 0.1) is 5.56 Å². The zero-order valence-corrected chi connectivity index (χ0v) is 14.5. The van der Waals surface area contributed by atoms with Gasteiger partial charge in [0.2, 0.25) is 5.91 Å². The van der Waals surface area contributed by atoms with Gasteiger partial charge in [-0.3, -0.25) is 9.59 Å². The summed E-state index contributed by atoms with van der Waals surface area (Å²) >= 11 is 0. The van der Waals surface area contributed by atoms with Crippen LogP contribution in [-0.2, 0) is 4.79 Å².